The van der Waals surface area contributed by atoms with Crippen LogP contribution in [0.4, 0.5) is 14.5 Å². The Balaban J connectivity index is 2.61. The zero-order valence-corrected chi connectivity index (χ0v) is 13.3. The highest BCUT2D eigenvalue weighted by molar-refractivity contribution is 6.39. The fraction of sp³-hybridized carbons (Fsp3) is 0.500. The van der Waals surface area contributed by atoms with Crippen LogP contribution in [0.25, 0.3) is 0 Å². The van der Waals surface area contributed by atoms with Gasteiger partial charge in [0.15, 0.2) is 0 Å². The molecule has 0 aliphatic rings. The molecule has 5 nitrogen and oxygen atoms in total. The molecule has 2 amide bonds. The topological polar surface area (TPSA) is 78.4 Å². The molecular weight excluding hydrogens is 306 g/mol. The van der Waals surface area contributed by atoms with E-state index in [0.717, 1.165) is 25.0 Å². The van der Waals surface area contributed by atoms with Crippen LogP contribution in [0.2, 0.25) is 0 Å². The van der Waals surface area contributed by atoms with Gasteiger partial charge in [0, 0.05) is 18.3 Å². The van der Waals surface area contributed by atoms with Crippen molar-refractivity contribution in [1.82, 2.24) is 5.32 Å². The average Bonchev–Trinajstić information content (AvgIpc) is 2.44. The van der Waals surface area contributed by atoms with E-state index in [9.17, 15) is 23.5 Å². The Hall–Kier alpha value is -2.02. The molecular formula is C16H22F2N2O3. The first kappa shape index (κ1) is 19.0. The molecule has 23 heavy (non-hydrogen) atoms. The summed E-state index contributed by atoms with van der Waals surface area (Å²) in [7, 11) is 0. The van der Waals surface area contributed by atoms with Crippen molar-refractivity contribution in [2.75, 3.05) is 11.9 Å². The van der Waals surface area contributed by atoms with E-state index in [2.05, 4.69) is 10.6 Å². The van der Waals surface area contributed by atoms with Crippen molar-refractivity contribution in [1.29, 1.82) is 0 Å². The number of nitrogens with one attached hydrogen (secondary N) is 2. The second kappa shape index (κ2) is 8.57. The first-order valence-corrected chi connectivity index (χ1v) is 7.57. The van der Waals surface area contributed by atoms with Crippen LogP contribution in [0.5, 0.6) is 0 Å². The summed E-state index contributed by atoms with van der Waals surface area (Å²) in [5.41, 5.74) is -1.22. The summed E-state index contributed by atoms with van der Waals surface area (Å²) in [5.74, 6) is -3.74. The first-order chi connectivity index (χ1) is 10.8. The number of carbonyl (C=O) groups excluding carboxylic acids is 2. The molecule has 0 saturated carbocycles. The highest BCUT2D eigenvalue weighted by Gasteiger charge is 2.26. The lowest BCUT2D eigenvalue weighted by molar-refractivity contribution is -0.137. The fourth-order valence-electron chi connectivity index (χ4n) is 2.37. The Morgan fingerprint density at radius 3 is 2.04 bits per heavy atom. The van der Waals surface area contributed by atoms with Gasteiger partial charge in [-0.3, -0.25) is 9.59 Å². The summed E-state index contributed by atoms with van der Waals surface area (Å²) in [6.45, 7) is 3.76. The molecule has 0 bridgehead atoms. The van der Waals surface area contributed by atoms with Crippen molar-refractivity contribution in [3.05, 3.63) is 29.8 Å². The minimum atomic E-state index is -1.07. The van der Waals surface area contributed by atoms with E-state index in [1.165, 1.54) is 0 Å². The maximum Gasteiger partial charge on any atom is 0.313 e. The maximum atomic E-state index is 13.0. The van der Waals surface area contributed by atoms with Gasteiger partial charge in [-0.1, -0.05) is 26.7 Å². The number of hydrogen-bond acceptors (Lipinski definition) is 3. The average molecular weight is 328 g/mol. The van der Waals surface area contributed by atoms with Crippen LogP contribution in [0.1, 0.15) is 39.5 Å². The van der Waals surface area contributed by atoms with E-state index in [0.29, 0.717) is 18.9 Å². The van der Waals surface area contributed by atoms with Crippen molar-refractivity contribution >= 4 is 17.5 Å². The molecule has 0 heterocycles. The minimum absolute atomic E-state index is 0.0571. The molecule has 0 fully saturated rings. The summed E-state index contributed by atoms with van der Waals surface area (Å²) in [6, 6.07) is 2.46. The molecule has 0 radical (unpaired) electrons. The molecule has 128 valence electrons. The van der Waals surface area contributed by atoms with Crippen LogP contribution >= 0.6 is 0 Å². The number of rotatable bonds is 7. The van der Waals surface area contributed by atoms with Gasteiger partial charge < -0.3 is 15.7 Å². The van der Waals surface area contributed by atoms with E-state index in [1.54, 1.807) is 0 Å². The van der Waals surface area contributed by atoms with Crippen LogP contribution in [-0.4, -0.2) is 29.1 Å². The minimum Gasteiger partial charge on any atom is -0.388 e. The molecule has 1 rings (SSSR count). The molecule has 1 aromatic carbocycles. The lowest BCUT2D eigenvalue weighted by Crippen LogP contribution is -2.46. The molecule has 0 saturated heterocycles. The summed E-state index contributed by atoms with van der Waals surface area (Å²) < 4.78 is 26.1. The van der Waals surface area contributed by atoms with Crippen LogP contribution < -0.4 is 10.6 Å². The van der Waals surface area contributed by atoms with Gasteiger partial charge in [0.1, 0.15) is 11.6 Å². The number of benzene rings is 1. The van der Waals surface area contributed by atoms with Gasteiger partial charge in [0.25, 0.3) is 0 Å². The summed E-state index contributed by atoms with van der Waals surface area (Å²) in [5, 5.41) is 14.8. The highest BCUT2D eigenvalue weighted by Crippen LogP contribution is 2.18. The van der Waals surface area contributed by atoms with Gasteiger partial charge in [-0.2, -0.15) is 0 Å². The summed E-state index contributed by atoms with van der Waals surface area (Å²) in [4.78, 5) is 23.5. The summed E-state index contributed by atoms with van der Waals surface area (Å²) in [6.07, 6.45) is 2.47. The van der Waals surface area contributed by atoms with Crippen LogP contribution in [0.15, 0.2) is 18.2 Å². The number of carbonyl (C=O) groups is 2. The van der Waals surface area contributed by atoms with E-state index < -0.39 is 29.0 Å². The molecule has 0 spiro atoms. The van der Waals surface area contributed by atoms with Crippen molar-refractivity contribution in [3.63, 3.8) is 0 Å². The van der Waals surface area contributed by atoms with E-state index in [-0.39, 0.29) is 12.2 Å². The Labute approximate surface area is 134 Å². The van der Waals surface area contributed by atoms with Gasteiger partial charge in [0.2, 0.25) is 0 Å². The van der Waals surface area contributed by atoms with Gasteiger partial charge in [-0.05, 0) is 25.0 Å². The van der Waals surface area contributed by atoms with Crippen molar-refractivity contribution in [2.24, 2.45) is 0 Å². The van der Waals surface area contributed by atoms with E-state index in [1.807, 2.05) is 13.8 Å². The smallest absolute Gasteiger partial charge is 0.313 e. The molecule has 0 aromatic heterocycles. The monoisotopic (exact) mass is 328 g/mol. The second-order valence-corrected chi connectivity index (χ2v) is 5.52. The summed E-state index contributed by atoms with van der Waals surface area (Å²) >= 11 is 0. The van der Waals surface area contributed by atoms with Gasteiger partial charge in [0.05, 0.1) is 5.60 Å². The molecule has 0 aliphatic heterocycles. The van der Waals surface area contributed by atoms with Crippen LogP contribution in [0, 0.1) is 11.6 Å². The first-order valence-electron chi connectivity index (χ1n) is 7.57. The third kappa shape index (κ3) is 6.32. The van der Waals surface area contributed by atoms with Gasteiger partial charge >= 0.3 is 11.8 Å². The third-order valence-corrected chi connectivity index (χ3v) is 3.34. The number of aliphatic hydroxyl groups is 1. The SMILES string of the molecule is CCCC(O)(CCC)CNC(=O)C(=O)Nc1cc(F)cc(F)c1. The van der Waals surface area contributed by atoms with Crippen molar-refractivity contribution in [2.45, 2.75) is 45.1 Å². The molecule has 7 heteroatoms. The second-order valence-electron chi connectivity index (χ2n) is 5.52. The number of amides is 2. The zero-order chi connectivity index (χ0) is 17.5. The van der Waals surface area contributed by atoms with E-state index >= 15 is 0 Å². The Bertz CT molecular complexity index is 538. The molecule has 3 N–H and O–H groups in total. The number of halogens is 2. The van der Waals surface area contributed by atoms with Crippen molar-refractivity contribution in [3.8, 4) is 0 Å². The quantitative estimate of drug-likeness (QED) is 0.672. The largest absolute Gasteiger partial charge is 0.388 e. The standard InChI is InChI=1S/C16H22F2N2O3/c1-3-5-16(23,6-4-2)10-19-14(21)15(22)20-13-8-11(17)7-12(18)9-13/h7-9,23H,3-6,10H2,1-2H3,(H,19,21)(H,20,22). The zero-order valence-electron chi connectivity index (χ0n) is 13.3. The van der Waals surface area contributed by atoms with Crippen molar-refractivity contribution < 1.29 is 23.5 Å². The Morgan fingerprint density at radius 2 is 1.57 bits per heavy atom. The Kier molecular flexibility index (Phi) is 7.09. The third-order valence-electron chi connectivity index (χ3n) is 3.34. The fourth-order valence-corrected chi connectivity index (χ4v) is 2.37. The molecule has 0 atom stereocenters. The molecule has 0 aliphatic carbocycles. The van der Waals surface area contributed by atoms with Gasteiger partial charge in [-0.25, -0.2) is 8.78 Å². The van der Waals surface area contributed by atoms with Crippen LogP contribution in [0.3, 0.4) is 0 Å². The number of hydrogen-bond donors (Lipinski definition) is 3. The van der Waals surface area contributed by atoms with Crippen LogP contribution in [-0.2, 0) is 9.59 Å². The molecule has 1 aromatic rings. The predicted molar refractivity (Wildman–Crippen MR) is 82.8 cm³/mol. The molecule has 0 unspecified atom stereocenters. The lowest BCUT2D eigenvalue weighted by Gasteiger charge is -2.27. The van der Waals surface area contributed by atoms with Gasteiger partial charge in [-0.15, -0.1) is 0 Å². The highest BCUT2D eigenvalue weighted by atomic mass is 19.1. The normalized spacial score (nSPS) is 11.2. The predicted octanol–water partition coefficient (Wildman–Crippen LogP) is 2.35. The number of anilines is 1. The lowest BCUT2D eigenvalue weighted by atomic mass is 9.92. The Morgan fingerprint density at radius 1 is 1.04 bits per heavy atom. The van der Waals surface area contributed by atoms with E-state index in [4.69, 9.17) is 0 Å². The maximum absolute atomic E-state index is 13.0.